The fourth-order valence-electron chi connectivity index (χ4n) is 3.19. The summed E-state index contributed by atoms with van der Waals surface area (Å²) < 4.78 is 29.0. The summed E-state index contributed by atoms with van der Waals surface area (Å²) in [7, 11) is 0. The van der Waals surface area contributed by atoms with E-state index in [-0.39, 0.29) is 12.0 Å². The Bertz CT molecular complexity index is 807. The number of hydrogen-bond acceptors (Lipinski definition) is 8. The Labute approximate surface area is 152 Å². The first-order valence-corrected chi connectivity index (χ1v) is 7.86. The highest BCUT2D eigenvalue weighted by Crippen LogP contribution is 2.31. The van der Waals surface area contributed by atoms with Crippen LogP contribution in [0.25, 0.3) is 0 Å². The number of nitrogens with zero attached hydrogens (tertiary/aromatic N) is 2. The molecule has 0 aromatic carbocycles. The third-order valence-corrected chi connectivity index (χ3v) is 4.62. The van der Waals surface area contributed by atoms with Gasteiger partial charge in [0.15, 0.2) is 18.5 Å². The lowest BCUT2D eigenvalue weighted by molar-refractivity contribution is -0.777. The van der Waals surface area contributed by atoms with E-state index in [0.29, 0.717) is 4.90 Å². The van der Waals surface area contributed by atoms with Gasteiger partial charge in [-0.1, -0.05) is 0 Å². The average molecular weight is 371 g/mol. The fourth-order valence-corrected chi connectivity index (χ4v) is 3.19. The SMILES string of the molecule is [2H]C([2H])([2H])N1C(=O)[C@H](O)C[C@H]1c1ccc[n+](C2OC(C(=O)[O-])C(O)C(O)C2O)c1. The van der Waals surface area contributed by atoms with Gasteiger partial charge in [-0.15, -0.1) is 0 Å². The van der Waals surface area contributed by atoms with E-state index in [0.717, 1.165) is 0 Å². The number of carboxylic acids is 1. The molecule has 2 saturated heterocycles. The van der Waals surface area contributed by atoms with Crippen LogP contribution in [0.15, 0.2) is 24.5 Å². The Morgan fingerprint density at radius 2 is 2.08 bits per heavy atom. The number of amides is 1. The van der Waals surface area contributed by atoms with Gasteiger partial charge < -0.3 is 40.0 Å². The third-order valence-electron chi connectivity index (χ3n) is 4.62. The van der Waals surface area contributed by atoms with E-state index in [2.05, 4.69) is 0 Å². The summed E-state index contributed by atoms with van der Waals surface area (Å²) in [5, 5.41) is 50.9. The summed E-state index contributed by atoms with van der Waals surface area (Å²) in [6, 6.07) is 1.91. The molecule has 0 radical (unpaired) electrons. The van der Waals surface area contributed by atoms with Crippen LogP contribution in [0.1, 0.15) is 28.4 Å². The molecule has 0 aliphatic carbocycles. The minimum Gasteiger partial charge on any atom is -0.547 e. The minimum absolute atomic E-state index is 0.182. The largest absolute Gasteiger partial charge is 0.547 e. The number of aromatic nitrogens is 1. The molecule has 0 saturated carbocycles. The number of aliphatic hydroxyl groups excluding tert-OH is 4. The Kier molecular flexibility index (Phi) is 3.98. The second-order valence-electron chi connectivity index (χ2n) is 6.30. The lowest BCUT2D eigenvalue weighted by Crippen LogP contribution is -2.65. The molecular formula is C16H20N2O8. The molecule has 1 aromatic rings. The zero-order valence-corrected chi connectivity index (χ0v) is 13.4. The molecule has 3 rings (SSSR count). The number of ether oxygens (including phenoxy) is 1. The van der Waals surface area contributed by atoms with E-state index >= 15 is 0 Å². The topological polar surface area (TPSA) is 154 Å². The maximum absolute atomic E-state index is 12.1. The van der Waals surface area contributed by atoms with Crippen LogP contribution in [0.5, 0.6) is 0 Å². The number of aliphatic carboxylic acids is 1. The highest BCUT2D eigenvalue weighted by atomic mass is 16.6. The van der Waals surface area contributed by atoms with Crippen LogP contribution in [0.2, 0.25) is 0 Å². The van der Waals surface area contributed by atoms with Crippen molar-refractivity contribution in [3.05, 3.63) is 30.1 Å². The van der Waals surface area contributed by atoms with Crippen molar-refractivity contribution >= 4 is 11.9 Å². The van der Waals surface area contributed by atoms with Crippen molar-refractivity contribution in [2.24, 2.45) is 0 Å². The van der Waals surface area contributed by atoms with Gasteiger partial charge in [0.25, 0.3) is 12.1 Å². The molecule has 142 valence electrons. The molecular weight excluding hydrogens is 348 g/mol. The number of likely N-dealkylation sites (tertiary alicyclic amines) is 1. The predicted molar refractivity (Wildman–Crippen MR) is 79.7 cm³/mol. The quantitative estimate of drug-likeness (QED) is 0.392. The summed E-state index contributed by atoms with van der Waals surface area (Å²) in [5.41, 5.74) is 0.273. The number of aliphatic hydroxyl groups is 4. The van der Waals surface area contributed by atoms with Crippen molar-refractivity contribution in [3.8, 4) is 0 Å². The van der Waals surface area contributed by atoms with Crippen molar-refractivity contribution in [1.29, 1.82) is 0 Å². The second-order valence-corrected chi connectivity index (χ2v) is 6.30. The summed E-state index contributed by atoms with van der Waals surface area (Å²) in [6.07, 6.45) is -7.84. The lowest BCUT2D eigenvalue weighted by Gasteiger charge is -2.37. The number of pyridine rings is 1. The van der Waals surface area contributed by atoms with Gasteiger partial charge in [-0.2, -0.15) is 4.57 Å². The molecule has 2 aliphatic rings. The molecule has 0 spiro atoms. The zero-order valence-electron chi connectivity index (χ0n) is 16.4. The van der Waals surface area contributed by atoms with E-state index in [1.165, 1.54) is 29.1 Å². The molecule has 7 atom stereocenters. The van der Waals surface area contributed by atoms with Crippen LogP contribution in [0, 0.1) is 0 Å². The fraction of sp³-hybridized carbons (Fsp3) is 0.562. The van der Waals surface area contributed by atoms with Crippen molar-refractivity contribution in [1.82, 2.24) is 4.90 Å². The minimum atomic E-state index is -2.80. The molecule has 0 bridgehead atoms. The van der Waals surface area contributed by atoms with Gasteiger partial charge in [-0.3, -0.25) is 4.79 Å². The van der Waals surface area contributed by atoms with Gasteiger partial charge in [-0.05, 0) is 6.07 Å². The van der Waals surface area contributed by atoms with Crippen LogP contribution in [-0.2, 0) is 14.3 Å². The molecule has 1 aromatic heterocycles. The second kappa shape index (κ2) is 6.89. The Morgan fingerprint density at radius 1 is 1.35 bits per heavy atom. The first kappa shape index (κ1) is 15.0. The summed E-state index contributed by atoms with van der Waals surface area (Å²) in [4.78, 5) is 23.8. The van der Waals surface area contributed by atoms with E-state index in [1.807, 2.05) is 0 Å². The number of carbonyl (C=O) groups excluding carboxylic acids is 2. The van der Waals surface area contributed by atoms with Crippen LogP contribution in [0.3, 0.4) is 0 Å². The smallest absolute Gasteiger partial charge is 0.292 e. The average Bonchev–Trinajstić information content (AvgIpc) is 2.95. The predicted octanol–water partition coefficient (Wildman–Crippen LogP) is -4.03. The van der Waals surface area contributed by atoms with Gasteiger partial charge in [0.1, 0.15) is 24.4 Å². The van der Waals surface area contributed by atoms with Crippen molar-refractivity contribution in [2.75, 3.05) is 6.98 Å². The zero-order chi connectivity index (χ0) is 21.7. The maximum Gasteiger partial charge on any atom is 0.292 e. The van der Waals surface area contributed by atoms with Gasteiger partial charge in [0.05, 0.1) is 12.0 Å². The Balaban J connectivity index is 1.95. The molecule has 1 amide bonds. The Hall–Kier alpha value is -2.11. The lowest BCUT2D eigenvalue weighted by atomic mass is 9.97. The first-order chi connectivity index (χ1) is 13.4. The highest BCUT2D eigenvalue weighted by molar-refractivity contribution is 5.83. The van der Waals surface area contributed by atoms with E-state index < -0.39 is 61.6 Å². The first-order valence-electron chi connectivity index (χ1n) is 9.36. The monoisotopic (exact) mass is 371 g/mol. The molecule has 10 heteroatoms. The van der Waals surface area contributed by atoms with Gasteiger partial charge >= 0.3 is 0 Å². The number of carbonyl (C=O) groups is 2. The van der Waals surface area contributed by atoms with E-state index in [4.69, 9.17) is 8.85 Å². The number of rotatable bonds is 3. The molecule has 5 unspecified atom stereocenters. The molecule has 3 heterocycles. The van der Waals surface area contributed by atoms with Gasteiger partial charge in [0, 0.05) is 29.1 Å². The van der Waals surface area contributed by atoms with Gasteiger partial charge in [-0.25, -0.2) is 0 Å². The third kappa shape index (κ3) is 3.06. The summed E-state index contributed by atoms with van der Waals surface area (Å²) in [5.74, 6) is -2.74. The molecule has 2 aliphatic heterocycles. The standard InChI is InChI=1S/C16H20N2O8/c1-17-8(5-9(19)14(17)23)7-3-2-4-18(6-7)15-12(22)10(20)11(21)13(26-15)16(24)25/h2-4,6,8-13,15,19-22H,5H2,1H3/t8-,9+,10?,11?,12?,13?,15?/m0/s1/i1D3. The molecule has 10 nitrogen and oxygen atoms in total. The van der Waals surface area contributed by atoms with Gasteiger partial charge in [0.2, 0.25) is 0 Å². The number of hydrogen-bond donors (Lipinski definition) is 4. The van der Waals surface area contributed by atoms with Crippen LogP contribution >= 0.6 is 0 Å². The number of likely N-dealkylation sites (N-methyl/N-ethyl adjacent to an activating group) is 1. The van der Waals surface area contributed by atoms with Crippen molar-refractivity contribution < 1.29 is 48.5 Å². The molecule has 4 N–H and O–H groups in total. The van der Waals surface area contributed by atoms with Crippen LogP contribution in [-0.4, -0.2) is 74.7 Å². The molecule has 2 fully saturated rings. The van der Waals surface area contributed by atoms with E-state index in [1.54, 1.807) is 0 Å². The molecule has 26 heavy (non-hydrogen) atoms. The van der Waals surface area contributed by atoms with Crippen LogP contribution in [0.4, 0.5) is 0 Å². The normalized spacial score (nSPS) is 40.0. The highest BCUT2D eigenvalue weighted by Gasteiger charge is 2.49. The van der Waals surface area contributed by atoms with Crippen molar-refractivity contribution in [3.63, 3.8) is 0 Å². The maximum atomic E-state index is 12.1. The van der Waals surface area contributed by atoms with Crippen molar-refractivity contribution in [2.45, 2.75) is 49.2 Å². The van der Waals surface area contributed by atoms with Crippen LogP contribution < -0.4 is 9.67 Å². The summed E-state index contributed by atoms with van der Waals surface area (Å²) >= 11 is 0. The Morgan fingerprint density at radius 3 is 2.73 bits per heavy atom. The van der Waals surface area contributed by atoms with E-state index in [9.17, 15) is 35.1 Å². The number of carboxylic acid groups (broad SMARTS) is 1. The summed E-state index contributed by atoms with van der Waals surface area (Å²) in [6.45, 7) is -2.80.